The largest absolute Gasteiger partial charge is 0.508 e. The van der Waals surface area contributed by atoms with E-state index in [9.17, 15) is 15.3 Å². The van der Waals surface area contributed by atoms with Crippen LogP contribution in [0.25, 0.3) is 5.57 Å². The zero-order valence-corrected chi connectivity index (χ0v) is 18.8. The number of aromatic hydroxyl groups is 2. The number of aliphatic hydroxyl groups excluding tert-OH is 1. The fourth-order valence-electron chi connectivity index (χ4n) is 4.61. The number of benzene rings is 2. The average molecular weight is 450 g/mol. The van der Waals surface area contributed by atoms with Crippen LogP contribution in [0.1, 0.15) is 75.3 Å². The SMILES string of the molecule is C1CCCC1.OCCC(=C(c1ccc(O)cc1)c1ccc(O)cc1)C1CCCC1.[Fe]. The van der Waals surface area contributed by atoms with Gasteiger partial charge in [0.1, 0.15) is 11.5 Å². The second-order valence-corrected chi connectivity index (χ2v) is 8.22. The molecule has 0 amide bonds. The molecule has 2 aromatic carbocycles. The van der Waals surface area contributed by atoms with E-state index in [-0.39, 0.29) is 35.2 Å². The number of aliphatic hydroxyl groups is 1. The molecule has 3 nitrogen and oxygen atoms in total. The Kier molecular flexibility index (Phi) is 10.5. The first kappa shape index (κ1) is 24.5. The van der Waals surface area contributed by atoms with Gasteiger partial charge in [-0.05, 0) is 66.1 Å². The molecule has 0 bridgehead atoms. The van der Waals surface area contributed by atoms with Crippen molar-refractivity contribution < 1.29 is 32.4 Å². The van der Waals surface area contributed by atoms with E-state index in [2.05, 4.69) is 0 Å². The molecule has 2 aliphatic carbocycles. The van der Waals surface area contributed by atoms with Crippen LogP contribution in [0.3, 0.4) is 0 Å². The van der Waals surface area contributed by atoms with Crippen LogP contribution >= 0.6 is 0 Å². The van der Waals surface area contributed by atoms with Crippen molar-refractivity contribution in [3.8, 4) is 11.5 Å². The summed E-state index contributed by atoms with van der Waals surface area (Å²) in [6.07, 6.45) is 12.9. The van der Waals surface area contributed by atoms with Gasteiger partial charge in [0.25, 0.3) is 0 Å². The molecule has 2 saturated carbocycles. The first-order valence-electron chi connectivity index (χ1n) is 11.1. The van der Waals surface area contributed by atoms with Gasteiger partial charge in [-0.15, -0.1) is 0 Å². The maximum absolute atomic E-state index is 9.61. The number of rotatable bonds is 5. The molecule has 2 aromatic rings. The summed E-state index contributed by atoms with van der Waals surface area (Å²) in [5, 5.41) is 28.8. The van der Waals surface area contributed by atoms with E-state index in [1.165, 1.54) is 50.5 Å². The Bertz CT molecular complexity index is 716. The molecule has 30 heavy (non-hydrogen) atoms. The van der Waals surface area contributed by atoms with E-state index in [0.717, 1.165) is 29.5 Å². The average Bonchev–Trinajstić information content (AvgIpc) is 3.47. The normalized spacial score (nSPS) is 15.8. The minimum absolute atomic E-state index is 0. The quantitative estimate of drug-likeness (QED) is 0.461. The fourth-order valence-corrected chi connectivity index (χ4v) is 4.61. The summed E-state index contributed by atoms with van der Waals surface area (Å²) in [4.78, 5) is 0. The predicted octanol–water partition coefficient (Wildman–Crippen LogP) is 6.42. The van der Waals surface area contributed by atoms with Crippen LogP contribution < -0.4 is 0 Å². The van der Waals surface area contributed by atoms with Crippen LogP contribution in [-0.2, 0) is 17.1 Å². The van der Waals surface area contributed by atoms with E-state index >= 15 is 0 Å². The molecule has 164 valence electrons. The Morgan fingerprint density at radius 2 is 1.07 bits per heavy atom. The summed E-state index contributed by atoms with van der Waals surface area (Å²) in [7, 11) is 0. The van der Waals surface area contributed by atoms with Gasteiger partial charge < -0.3 is 15.3 Å². The number of hydrogen-bond donors (Lipinski definition) is 3. The van der Waals surface area contributed by atoms with E-state index in [1.807, 2.05) is 24.3 Å². The van der Waals surface area contributed by atoms with Crippen LogP contribution in [0.5, 0.6) is 11.5 Å². The van der Waals surface area contributed by atoms with Crippen molar-refractivity contribution in [3.63, 3.8) is 0 Å². The van der Waals surface area contributed by atoms with E-state index in [1.54, 1.807) is 24.3 Å². The van der Waals surface area contributed by atoms with Crippen molar-refractivity contribution in [1.82, 2.24) is 0 Å². The predicted molar refractivity (Wildman–Crippen MR) is 119 cm³/mol. The monoisotopic (exact) mass is 450 g/mol. The van der Waals surface area contributed by atoms with Crippen molar-refractivity contribution in [2.24, 2.45) is 5.92 Å². The molecule has 2 aliphatic rings. The third-order valence-electron chi connectivity index (χ3n) is 6.11. The van der Waals surface area contributed by atoms with Crippen LogP contribution in [0.15, 0.2) is 54.1 Å². The Morgan fingerprint density at radius 3 is 1.43 bits per heavy atom. The zero-order valence-electron chi connectivity index (χ0n) is 17.7. The summed E-state index contributed by atoms with van der Waals surface area (Å²) in [5.41, 5.74) is 4.48. The molecular weight excluding hydrogens is 416 g/mol. The Hall–Kier alpha value is -1.74. The molecule has 0 aromatic heterocycles. The first-order valence-corrected chi connectivity index (χ1v) is 11.1. The number of hydrogen-bond acceptors (Lipinski definition) is 3. The van der Waals surface area contributed by atoms with E-state index in [0.29, 0.717) is 12.3 Å². The molecule has 4 heteroatoms. The van der Waals surface area contributed by atoms with Crippen LogP contribution in [0.4, 0.5) is 0 Å². The Labute approximate surface area is 191 Å². The van der Waals surface area contributed by atoms with Gasteiger partial charge in [-0.25, -0.2) is 0 Å². The van der Waals surface area contributed by atoms with Gasteiger partial charge in [-0.3, -0.25) is 0 Å². The van der Waals surface area contributed by atoms with Gasteiger partial charge in [0.05, 0.1) is 0 Å². The summed E-state index contributed by atoms with van der Waals surface area (Å²) in [6, 6.07) is 14.5. The van der Waals surface area contributed by atoms with Gasteiger partial charge in [0.2, 0.25) is 0 Å². The van der Waals surface area contributed by atoms with Gasteiger partial charge in [-0.1, -0.05) is 74.8 Å². The van der Waals surface area contributed by atoms with Crippen molar-refractivity contribution in [2.75, 3.05) is 6.61 Å². The smallest absolute Gasteiger partial charge is 0.115 e. The standard InChI is InChI=1S/C21H24O3.C5H10.Fe/c22-14-13-20(15-3-1-2-4-15)21(16-5-9-18(23)10-6-16)17-7-11-19(24)12-8-17;1-2-4-5-3-1;/h5-12,15,22-24H,1-4,13-14H2;1-5H2;. The van der Waals surface area contributed by atoms with Crippen molar-refractivity contribution in [2.45, 2.75) is 64.2 Å². The summed E-state index contributed by atoms with van der Waals surface area (Å²) in [6.45, 7) is 0.130. The van der Waals surface area contributed by atoms with E-state index in [4.69, 9.17) is 0 Å². The molecular formula is C26H34FeO3. The maximum Gasteiger partial charge on any atom is 0.115 e. The number of phenolic OH excluding ortho intramolecular Hbond substituents is 2. The molecule has 2 fully saturated rings. The summed E-state index contributed by atoms with van der Waals surface area (Å²) < 4.78 is 0. The van der Waals surface area contributed by atoms with Crippen LogP contribution in [0.2, 0.25) is 0 Å². The Morgan fingerprint density at radius 1 is 0.667 bits per heavy atom. The third kappa shape index (κ3) is 6.90. The van der Waals surface area contributed by atoms with Crippen LogP contribution in [0, 0.1) is 5.92 Å². The van der Waals surface area contributed by atoms with Crippen molar-refractivity contribution in [1.29, 1.82) is 0 Å². The van der Waals surface area contributed by atoms with Crippen molar-refractivity contribution in [3.05, 3.63) is 65.2 Å². The van der Waals surface area contributed by atoms with E-state index < -0.39 is 0 Å². The zero-order chi connectivity index (χ0) is 20.5. The van der Waals surface area contributed by atoms with Gasteiger partial charge >= 0.3 is 0 Å². The minimum Gasteiger partial charge on any atom is -0.508 e. The topological polar surface area (TPSA) is 60.7 Å². The molecule has 0 spiro atoms. The van der Waals surface area contributed by atoms with Gasteiger partial charge in [0, 0.05) is 23.7 Å². The minimum atomic E-state index is 0. The molecule has 0 heterocycles. The first-order chi connectivity index (χ1) is 14.2. The molecule has 3 N–H and O–H groups in total. The molecule has 0 atom stereocenters. The second kappa shape index (κ2) is 12.8. The van der Waals surface area contributed by atoms with Crippen LogP contribution in [-0.4, -0.2) is 21.9 Å². The Balaban J connectivity index is 0.000000468. The molecule has 0 unspecified atom stereocenters. The third-order valence-corrected chi connectivity index (χ3v) is 6.11. The summed E-state index contributed by atoms with van der Waals surface area (Å²) in [5.74, 6) is 0.983. The van der Waals surface area contributed by atoms with Gasteiger partial charge in [-0.2, -0.15) is 0 Å². The maximum atomic E-state index is 9.61. The molecule has 4 rings (SSSR count). The van der Waals surface area contributed by atoms with Gasteiger partial charge in [0.15, 0.2) is 0 Å². The second-order valence-electron chi connectivity index (χ2n) is 8.22. The van der Waals surface area contributed by atoms with Crippen molar-refractivity contribution >= 4 is 5.57 Å². The summed E-state index contributed by atoms with van der Waals surface area (Å²) >= 11 is 0. The number of phenols is 2. The molecule has 0 aliphatic heterocycles. The molecule has 0 saturated heterocycles. The fraction of sp³-hybridized carbons (Fsp3) is 0.462. The molecule has 0 radical (unpaired) electrons.